The number of anilines is 1. The van der Waals surface area contributed by atoms with E-state index in [2.05, 4.69) is 10.3 Å². The van der Waals surface area contributed by atoms with Crippen LogP contribution >= 0.6 is 0 Å². The standard InChI is InChI=1S/C22H25FN4O6S/c1-22(2,3)33-20(28)19-13-26(25-24-19)11-16-12-27(21(29)32-16)15-4-5-17(18(23)10-15)14-6-8-34(30,31)9-7-14/h4-6,10,13,16H,7-9,11-12H2,1-3H3/t16-/m0/s1. The molecule has 4 rings (SSSR count). The van der Waals surface area contributed by atoms with Crippen LogP contribution in [0.15, 0.2) is 30.5 Å². The summed E-state index contributed by atoms with van der Waals surface area (Å²) in [6.07, 6.45) is 1.97. The molecule has 1 fully saturated rings. The molecule has 0 unspecified atom stereocenters. The third kappa shape index (κ3) is 5.44. The van der Waals surface area contributed by atoms with Crippen LogP contribution in [0, 0.1) is 5.82 Å². The molecule has 10 nitrogen and oxygen atoms in total. The van der Waals surface area contributed by atoms with Gasteiger partial charge in [-0.3, -0.25) is 4.90 Å². The minimum absolute atomic E-state index is 0.0158. The van der Waals surface area contributed by atoms with Gasteiger partial charge in [-0.25, -0.2) is 27.1 Å². The molecular weight excluding hydrogens is 467 g/mol. The molecule has 182 valence electrons. The molecule has 34 heavy (non-hydrogen) atoms. The smallest absolute Gasteiger partial charge is 0.414 e. The van der Waals surface area contributed by atoms with E-state index in [0.29, 0.717) is 16.8 Å². The van der Waals surface area contributed by atoms with E-state index in [-0.39, 0.29) is 36.7 Å². The zero-order chi connectivity index (χ0) is 24.7. The van der Waals surface area contributed by atoms with E-state index >= 15 is 0 Å². The summed E-state index contributed by atoms with van der Waals surface area (Å²) in [7, 11) is -3.11. The second-order valence-corrected chi connectivity index (χ2v) is 11.4. The number of cyclic esters (lactones) is 1. The number of amides is 1. The van der Waals surface area contributed by atoms with E-state index in [1.807, 2.05) is 0 Å². The van der Waals surface area contributed by atoms with Crippen LogP contribution < -0.4 is 4.90 Å². The Labute approximate surface area is 196 Å². The van der Waals surface area contributed by atoms with E-state index < -0.39 is 39.4 Å². The maximum absolute atomic E-state index is 14.8. The minimum atomic E-state index is -3.11. The molecule has 2 aliphatic rings. The number of sulfone groups is 1. The molecule has 2 aromatic rings. The number of halogens is 1. The molecule has 0 aliphatic carbocycles. The highest BCUT2D eigenvalue weighted by molar-refractivity contribution is 7.91. The third-order valence-corrected chi connectivity index (χ3v) is 6.79. The van der Waals surface area contributed by atoms with Crippen LogP contribution in [0.3, 0.4) is 0 Å². The lowest BCUT2D eigenvalue weighted by atomic mass is 10.0. The van der Waals surface area contributed by atoms with Crippen molar-refractivity contribution < 1.29 is 31.9 Å². The van der Waals surface area contributed by atoms with Crippen molar-refractivity contribution in [2.45, 2.75) is 45.4 Å². The van der Waals surface area contributed by atoms with E-state index in [9.17, 15) is 22.4 Å². The lowest BCUT2D eigenvalue weighted by Crippen LogP contribution is -2.26. The number of nitrogens with zero attached hydrogens (tertiary/aromatic N) is 4. The number of hydrogen-bond acceptors (Lipinski definition) is 8. The van der Waals surface area contributed by atoms with Crippen LogP contribution in [0.25, 0.3) is 5.57 Å². The Hall–Kier alpha value is -3.28. The number of esters is 1. The Morgan fingerprint density at radius 3 is 2.74 bits per heavy atom. The maximum Gasteiger partial charge on any atom is 0.414 e. The Balaban J connectivity index is 1.42. The molecule has 2 aliphatic heterocycles. The van der Waals surface area contributed by atoms with Crippen LogP contribution in [0.5, 0.6) is 0 Å². The topological polar surface area (TPSA) is 121 Å². The van der Waals surface area contributed by atoms with Crippen LogP contribution in [0.2, 0.25) is 0 Å². The van der Waals surface area contributed by atoms with Gasteiger partial charge in [-0.2, -0.15) is 0 Å². The highest BCUT2D eigenvalue weighted by Gasteiger charge is 2.34. The van der Waals surface area contributed by atoms with Gasteiger partial charge in [-0.15, -0.1) is 5.10 Å². The molecular formula is C22H25FN4O6S. The monoisotopic (exact) mass is 492 g/mol. The Bertz CT molecular complexity index is 1260. The number of benzene rings is 1. The summed E-state index contributed by atoms with van der Waals surface area (Å²) in [5.41, 5.74) is 0.649. The van der Waals surface area contributed by atoms with Gasteiger partial charge >= 0.3 is 12.1 Å². The quantitative estimate of drug-likeness (QED) is 0.584. The fourth-order valence-corrected chi connectivity index (χ4v) is 4.86. The highest BCUT2D eigenvalue weighted by atomic mass is 32.2. The van der Waals surface area contributed by atoms with Crippen molar-refractivity contribution in [1.29, 1.82) is 0 Å². The fraction of sp³-hybridized carbons (Fsp3) is 0.455. The van der Waals surface area contributed by atoms with Gasteiger partial charge in [0.1, 0.15) is 17.5 Å². The van der Waals surface area contributed by atoms with E-state index in [1.54, 1.807) is 32.9 Å². The number of hydrogen-bond donors (Lipinski definition) is 0. The van der Waals surface area contributed by atoms with Crippen molar-refractivity contribution in [2.24, 2.45) is 0 Å². The van der Waals surface area contributed by atoms with Gasteiger partial charge in [0.05, 0.1) is 36.5 Å². The zero-order valence-corrected chi connectivity index (χ0v) is 19.8. The second-order valence-electron chi connectivity index (χ2n) is 9.20. The van der Waals surface area contributed by atoms with E-state index in [0.717, 1.165) is 0 Å². The lowest BCUT2D eigenvalue weighted by Gasteiger charge is -2.18. The first-order chi connectivity index (χ1) is 15.9. The van der Waals surface area contributed by atoms with Crippen molar-refractivity contribution in [3.8, 4) is 0 Å². The Morgan fingerprint density at radius 2 is 2.09 bits per heavy atom. The molecule has 1 aromatic carbocycles. The van der Waals surface area contributed by atoms with Gasteiger partial charge < -0.3 is 9.47 Å². The van der Waals surface area contributed by atoms with Crippen LogP contribution in [0.1, 0.15) is 43.2 Å². The summed E-state index contributed by atoms with van der Waals surface area (Å²) in [5.74, 6) is -1.28. The second kappa shape index (κ2) is 8.82. The normalized spacial score (nSPS) is 20.1. The molecule has 1 aromatic heterocycles. The largest absolute Gasteiger partial charge is 0.455 e. The molecule has 1 atom stereocenters. The predicted molar refractivity (Wildman–Crippen MR) is 120 cm³/mol. The van der Waals surface area contributed by atoms with Crippen LogP contribution in [-0.2, 0) is 25.9 Å². The van der Waals surface area contributed by atoms with Crippen LogP contribution in [-0.4, -0.2) is 65.2 Å². The van der Waals surface area contributed by atoms with Gasteiger partial charge in [0.15, 0.2) is 15.5 Å². The summed E-state index contributed by atoms with van der Waals surface area (Å²) in [4.78, 5) is 25.8. The minimum Gasteiger partial charge on any atom is -0.455 e. The fourth-order valence-electron chi connectivity index (χ4n) is 3.70. The van der Waals surface area contributed by atoms with Gasteiger partial charge in [0.2, 0.25) is 0 Å². The molecule has 1 saturated heterocycles. The number of carbonyl (C=O) groups excluding carboxylic acids is 2. The number of ether oxygens (including phenoxy) is 2. The number of rotatable bonds is 5. The maximum atomic E-state index is 14.8. The molecule has 0 radical (unpaired) electrons. The first-order valence-electron chi connectivity index (χ1n) is 10.7. The summed E-state index contributed by atoms with van der Waals surface area (Å²) in [5, 5.41) is 7.69. The average Bonchev–Trinajstić information content (AvgIpc) is 3.34. The number of carbonyl (C=O) groups is 2. The van der Waals surface area contributed by atoms with Crippen molar-refractivity contribution in [3.63, 3.8) is 0 Å². The Kier molecular flexibility index (Phi) is 6.19. The van der Waals surface area contributed by atoms with Gasteiger partial charge in [-0.1, -0.05) is 11.3 Å². The summed E-state index contributed by atoms with van der Waals surface area (Å²) < 4.78 is 50.0. The van der Waals surface area contributed by atoms with Gasteiger partial charge in [0, 0.05) is 5.56 Å². The molecule has 1 amide bonds. The number of aromatic nitrogens is 3. The first kappa shape index (κ1) is 23.9. The van der Waals surface area contributed by atoms with Crippen molar-refractivity contribution in [1.82, 2.24) is 15.0 Å². The molecule has 0 spiro atoms. The highest BCUT2D eigenvalue weighted by Crippen LogP contribution is 2.30. The lowest BCUT2D eigenvalue weighted by molar-refractivity contribution is 0.00624. The average molecular weight is 493 g/mol. The zero-order valence-electron chi connectivity index (χ0n) is 19.0. The van der Waals surface area contributed by atoms with Crippen LogP contribution in [0.4, 0.5) is 14.9 Å². The molecule has 0 saturated carbocycles. The predicted octanol–water partition coefficient (Wildman–Crippen LogP) is 2.60. The number of allylic oxidation sites excluding steroid dienone is 1. The summed E-state index contributed by atoms with van der Waals surface area (Å²) >= 11 is 0. The van der Waals surface area contributed by atoms with Crippen molar-refractivity contribution in [3.05, 3.63) is 47.5 Å². The SMILES string of the molecule is CC(C)(C)OC(=O)c1cn(C[C@H]2CN(c3ccc(C4=CCS(=O)(=O)CC4)c(F)c3)C(=O)O2)nn1. The summed E-state index contributed by atoms with van der Waals surface area (Å²) in [6, 6.07) is 4.38. The molecule has 12 heteroatoms. The third-order valence-electron chi connectivity index (χ3n) is 5.29. The van der Waals surface area contributed by atoms with E-state index in [4.69, 9.17) is 9.47 Å². The molecule has 3 heterocycles. The molecule has 0 bridgehead atoms. The van der Waals surface area contributed by atoms with Gasteiger partial charge in [-0.05, 0) is 51.0 Å². The first-order valence-corrected chi connectivity index (χ1v) is 12.5. The van der Waals surface area contributed by atoms with Crippen molar-refractivity contribution >= 4 is 33.2 Å². The van der Waals surface area contributed by atoms with E-state index in [1.165, 1.54) is 27.9 Å². The Morgan fingerprint density at radius 1 is 1.32 bits per heavy atom. The van der Waals surface area contributed by atoms with Gasteiger partial charge in [0.25, 0.3) is 0 Å². The van der Waals surface area contributed by atoms with Crippen molar-refractivity contribution in [2.75, 3.05) is 23.0 Å². The molecule has 0 N–H and O–H groups in total. The summed E-state index contributed by atoms with van der Waals surface area (Å²) in [6.45, 7) is 5.54.